The summed E-state index contributed by atoms with van der Waals surface area (Å²) in [7, 11) is 1.97. The molecule has 0 atom stereocenters. The summed E-state index contributed by atoms with van der Waals surface area (Å²) in [5, 5.41) is 0. The minimum absolute atomic E-state index is 0.174. The molecule has 0 spiro atoms. The summed E-state index contributed by atoms with van der Waals surface area (Å²) in [6.07, 6.45) is 5.35. The molecule has 2 aromatic heterocycles. The highest BCUT2D eigenvalue weighted by Gasteiger charge is 2.23. The third-order valence-electron chi connectivity index (χ3n) is 4.59. The van der Waals surface area contributed by atoms with E-state index in [4.69, 9.17) is 0 Å². The molecule has 0 saturated carbocycles. The van der Waals surface area contributed by atoms with Gasteiger partial charge in [-0.15, -0.1) is 0 Å². The van der Waals surface area contributed by atoms with Crippen LogP contribution in [0.25, 0.3) is 0 Å². The Morgan fingerprint density at radius 3 is 2.54 bits per heavy atom. The van der Waals surface area contributed by atoms with Gasteiger partial charge in [0.15, 0.2) is 0 Å². The minimum Gasteiger partial charge on any atom is -0.352 e. The van der Waals surface area contributed by atoms with Crippen LogP contribution in [0.15, 0.2) is 30.7 Å². The molecule has 26 heavy (non-hydrogen) atoms. The summed E-state index contributed by atoms with van der Waals surface area (Å²) in [4.78, 5) is 31.8. The molecule has 1 aliphatic rings. The number of amides is 1. The number of likely N-dealkylation sites (N-methyl/N-ethyl adjacent to an activating group) is 1. The van der Waals surface area contributed by atoms with E-state index in [9.17, 15) is 4.79 Å². The highest BCUT2D eigenvalue weighted by molar-refractivity contribution is 5.78. The van der Waals surface area contributed by atoms with Gasteiger partial charge in [0.1, 0.15) is 5.82 Å². The first-order chi connectivity index (χ1) is 12.5. The van der Waals surface area contributed by atoms with Crippen LogP contribution in [0.2, 0.25) is 0 Å². The van der Waals surface area contributed by atoms with Gasteiger partial charge in [0.25, 0.3) is 0 Å². The number of pyridine rings is 1. The fourth-order valence-electron chi connectivity index (χ4n) is 3.18. The molecule has 0 aromatic carbocycles. The van der Waals surface area contributed by atoms with Gasteiger partial charge in [-0.25, -0.2) is 4.98 Å². The van der Waals surface area contributed by atoms with Crippen molar-refractivity contribution in [1.29, 1.82) is 0 Å². The first kappa shape index (κ1) is 18.3. The first-order valence-electron chi connectivity index (χ1n) is 8.93. The molecule has 1 aliphatic heterocycles. The summed E-state index contributed by atoms with van der Waals surface area (Å²) in [5.41, 5.74) is 3.02. The Kier molecular flexibility index (Phi) is 5.78. The molecule has 138 valence electrons. The molecular formula is C19H26N6O. The van der Waals surface area contributed by atoms with E-state index in [1.807, 2.05) is 42.8 Å². The van der Waals surface area contributed by atoms with E-state index in [1.54, 1.807) is 18.6 Å². The van der Waals surface area contributed by atoms with E-state index in [-0.39, 0.29) is 5.91 Å². The summed E-state index contributed by atoms with van der Waals surface area (Å²) in [5.74, 6) is 1.11. The van der Waals surface area contributed by atoms with Gasteiger partial charge in [0.2, 0.25) is 5.91 Å². The lowest BCUT2D eigenvalue weighted by Gasteiger charge is -2.36. The lowest BCUT2D eigenvalue weighted by molar-refractivity contribution is -0.132. The first-order valence-corrected chi connectivity index (χ1v) is 8.93. The van der Waals surface area contributed by atoms with Gasteiger partial charge in [-0.2, -0.15) is 0 Å². The second-order valence-electron chi connectivity index (χ2n) is 6.82. The highest BCUT2D eigenvalue weighted by Crippen LogP contribution is 2.17. The van der Waals surface area contributed by atoms with Crippen LogP contribution >= 0.6 is 0 Å². The third kappa shape index (κ3) is 4.54. The second-order valence-corrected chi connectivity index (χ2v) is 6.82. The average Bonchev–Trinajstić information content (AvgIpc) is 2.64. The minimum atomic E-state index is 0.174. The monoisotopic (exact) mass is 354 g/mol. The average molecular weight is 354 g/mol. The Labute approximate surface area is 154 Å². The Morgan fingerprint density at radius 2 is 1.85 bits per heavy atom. The number of aryl methyl sites for hydroxylation is 2. The fraction of sp³-hybridized carbons (Fsp3) is 0.474. The number of hydrogen-bond donors (Lipinski definition) is 0. The van der Waals surface area contributed by atoms with Crippen molar-refractivity contribution in [3.8, 4) is 0 Å². The molecule has 0 radical (unpaired) electrons. The zero-order valence-electron chi connectivity index (χ0n) is 15.7. The van der Waals surface area contributed by atoms with Crippen molar-refractivity contribution < 1.29 is 4.79 Å². The number of carbonyl (C=O) groups excluding carboxylic acids is 1. The van der Waals surface area contributed by atoms with Crippen LogP contribution in [0.1, 0.15) is 17.0 Å². The molecular weight excluding hydrogens is 328 g/mol. The fourth-order valence-corrected chi connectivity index (χ4v) is 3.18. The normalized spacial score (nSPS) is 14.8. The van der Waals surface area contributed by atoms with Crippen LogP contribution in [0.3, 0.4) is 0 Å². The number of anilines is 1. The van der Waals surface area contributed by atoms with Crippen molar-refractivity contribution >= 4 is 11.7 Å². The van der Waals surface area contributed by atoms with E-state index in [0.717, 1.165) is 55.5 Å². The van der Waals surface area contributed by atoms with E-state index in [2.05, 4.69) is 19.9 Å². The molecule has 1 amide bonds. The van der Waals surface area contributed by atoms with Crippen molar-refractivity contribution in [2.24, 2.45) is 0 Å². The van der Waals surface area contributed by atoms with Crippen LogP contribution in [0.4, 0.5) is 5.82 Å². The number of hydrogen-bond acceptors (Lipinski definition) is 6. The molecule has 0 unspecified atom stereocenters. The standard InChI is InChI=1S/C19H26N6O/c1-15-12-21-16(2)19(22-15)25-10-8-24(9-11-25)18(26)14-23(3)13-17-4-6-20-7-5-17/h4-7,12H,8-11,13-14H2,1-3H3. The van der Waals surface area contributed by atoms with E-state index in [1.165, 1.54) is 0 Å². The lowest BCUT2D eigenvalue weighted by Crippen LogP contribution is -2.51. The quantitative estimate of drug-likeness (QED) is 0.806. The highest BCUT2D eigenvalue weighted by atomic mass is 16.2. The molecule has 0 bridgehead atoms. The summed E-state index contributed by atoms with van der Waals surface area (Å²) < 4.78 is 0. The van der Waals surface area contributed by atoms with Crippen LogP contribution in [0, 0.1) is 13.8 Å². The molecule has 7 nitrogen and oxygen atoms in total. The molecule has 1 saturated heterocycles. The number of rotatable bonds is 5. The Morgan fingerprint density at radius 1 is 1.15 bits per heavy atom. The number of carbonyl (C=O) groups is 1. The van der Waals surface area contributed by atoms with E-state index < -0.39 is 0 Å². The maximum absolute atomic E-state index is 12.6. The van der Waals surface area contributed by atoms with Gasteiger partial charge in [-0.3, -0.25) is 19.7 Å². The zero-order valence-corrected chi connectivity index (χ0v) is 15.7. The number of aromatic nitrogens is 3. The summed E-state index contributed by atoms with van der Waals surface area (Å²) in [6.45, 7) is 8.12. The van der Waals surface area contributed by atoms with Crippen LogP contribution < -0.4 is 4.90 Å². The summed E-state index contributed by atoms with van der Waals surface area (Å²) >= 11 is 0. The molecule has 0 aliphatic carbocycles. The zero-order chi connectivity index (χ0) is 18.5. The van der Waals surface area contributed by atoms with Crippen LogP contribution in [-0.4, -0.2) is 70.4 Å². The Bertz CT molecular complexity index is 743. The molecule has 7 heteroatoms. The van der Waals surface area contributed by atoms with Crippen LogP contribution in [-0.2, 0) is 11.3 Å². The molecule has 0 N–H and O–H groups in total. The van der Waals surface area contributed by atoms with Crippen molar-refractivity contribution in [3.63, 3.8) is 0 Å². The third-order valence-corrected chi connectivity index (χ3v) is 4.59. The maximum Gasteiger partial charge on any atom is 0.236 e. The van der Waals surface area contributed by atoms with Crippen molar-refractivity contribution in [2.75, 3.05) is 44.7 Å². The number of piperazine rings is 1. The Hall–Kier alpha value is -2.54. The van der Waals surface area contributed by atoms with Crippen molar-refractivity contribution in [1.82, 2.24) is 24.8 Å². The van der Waals surface area contributed by atoms with Crippen molar-refractivity contribution in [2.45, 2.75) is 20.4 Å². The molecule has 1 fully saturated rings. The largest absolute Gasteiger partial charge is 0.352 e. The predicted octanol–water partition coefficient (Wildman–Crippen LogP) is 1.27. The Balaban J connectivity index is 1.51. The van der Waals surface area contributed by atoms with Gasteiger partial charge >= 0.3 is 0 Å². The second kappa shape index (κ2) is 8.23. The SMILES string of the molecule is Cc1cnc(C)c(N2CCN(C(=O)CN(C)Cc3ccncc3)CC2)n1. The topological polar surface area (TPSA) is 65.5 Å². The van der Waals surface area contributed by atoms with E-state index >= 15 is 0 Å². The predicted molar refractivity (Wildman–Crippen MR) is 101 cm³/mol. The smallest absolute Gasteiger partial charge is 0.236 e. The van der Waals surface area contributed by atoms with Gasteiger partial charge in [-0.05, 0) is 38.6 Å². The lowest BCUT2D eigenvalue weighted by atomic mass is 10.2. The van der Waals surface area contributed by atoms with Gasteiger partial charge in [0.05, 0.1) is 17.9 Å². The summed E-state index contributed by atoms with van der Waals surface area (Å²) in [6, 6.07) is 3.95. The van der Waals surface area contributed by atoms with Gasteiger partial charge in [-0.1, -0.05) is 0 Å². The van der Waals surface area contributed by atoms with Gasteiger partial charge in [0, 0.05) is 51.3 Å². The van der Waals surface area contributed by atoms with Crippen LogP contribution in [0.5, 0.6) is 0 Å². The maximum atomic E-state index is 12.6. The molecule has 3 heterocycles. The molecule has 2 aromatic rings. The molecule has 3 rings (SSSR count). The van der Waals surface area contributed by atoms with Gasteiger partial charge < -0.3 is 9.80 Å². The van der Waals surface area contributed by atoms with Crippen molar-refractivity contribution in [3.05, 3.63) is 47.7 Å². The number of nitrogens with zero attached hydrogens (tertiary/aromatic N) is 6. The van der Waals surface area contributed by atoms with E-state index in [0.29, 0.717) is 6.54 Å².